The van der Waals surface area contributed by atoms with Crippen molar-refractivity contribution in [3.8, 4) is 5.75 Å². The Labute approximate surface area is 157 Å². The third-order valence-corrected chi connectivity index (χ3v) is 4.22. The molecule has 1 amide bonds. The van der Waals surface area contributed by atoms with Gasteiger partial charge < -0.3 is 19.6 Å². The van der Waals surface area contributed by atoms with E-state index in [0.29, 0.717) is 5.75 Å². The van der Waals surface area contributed by atoms with Gasteiger partial charge in [-0.25, -0.2) is 9.59 Å². The normalized spacial score (nSPS) is 13.1. The number of carbonyl (C=O) groups excluding carboxylic acids is 1. The number of aliphatic carboxylic acids is 1. The van der Waals surface area contributed by atoms with Crippen molar-refractivity contribution in [2.24, 2.45) is 0 Å². The number of ether oxygens (including phenoxy) is 1. The van der Waals surface area contributed by atoms with Crippen molar-refractivity contribution >= 4 is 20.4 Å². The van der Waals surface area contributed by atoms with Crippen LogP contribution in [0.25, 0.3) is 0 Å². The van der Waals surface area contributed by atoms with Gasteiger partial charge in [0.2, 0.25) is 8.32 Å². The molecule has 0 saturated carbocycles. The predicted molar refractivity (Wildman–Crippen MR) is 104 cm³/mol. The van der Waals surface area contributed by atoms with E-state index in [-0.39, 0.29) is 6.42 Å². The molecule has 0 spiro atoms. The summed E-state index contributed by atoms with van der Waals surface area (Å²) in [5, 5.41) is 12.0. The van der Waals surface area contributed by atoms with E-state index in [4.69, 9.17) is 9.16 Å². The third kappa shape index (κ3) is 7.47. The zero-order chi connectivity index (χ0) is 20.3. The minimum absolute atomic E-state index is 0.125. The van der Waals surface area contributed by atoms with Gasteiger partial charge >= 0.3 is 12.1 Å². The Balaban J connectivity index is 3.12. The lowest BCUT2D eigenvalue weighted by molar-refractivity contribution is -0.139. The Morgan fingerprint density at radius 1 is 1.19 bits per heavy atom. The number of hydrogen-bond acceptors (Lipinski definition) is 4. The summed E-state index contributed by atoms with van der Waals surface area (Å²) >= 11 is 0. The fourth-order valence-corrected chi connectivity index (χ4v) is 3.34. The number of alkyl carbamates (subject to hydrolysis) is 1. The maximum atomic E-state index is 12.0. The maximum absolute atomic E-state index is 12.0. The van der Waals surface area contributed by atoms with Crippen molar-refractivity contribution in [1.29, 1.82) is 0 Å². The second-order valence-corrected chi connectivity index (χ2v) is 12.9. The largest absolute Gasteiger partial charge is 0.544 e. The Morgan fingerprint density at radius 2 is 1.77 bits per heavy atom. The summed E-state index contributed by atoms with van der Waals surface area (Å²) in [6.07, 6.45) is -0.622. The molecule has 0 aromatic heterocycles. The van der Waals surface area contributed by atoms with Crippen LogP contribution in [0.4, 0.5) is 4.79 Å². The lowest BCUT2D eigenvalue weighted by Crippen LogP contribution is -2.45. The molecule has 0 aliphatic rings. The molecule has 1 unspecified atom stereocenters. The quantitative estimate of drug-likeness (QED) is 0.727. The summed E-state index contributed by atoms with van der Waals surface area (Å²) in [4.78, 5) is 23.7. The second kappa shape index (κ2) is 8.12. The van der Waals surface area contributed by atoms with Crippen LogP contribution in [-0.4, -0.2) is 37.1 Å². The highest BCUT2D eigenvalue weighted by Gasteiger charge is 2.27. The van der Waals surface area contributed by atoms with Crippen molar-refractivity contribution in [3.63, 3.8) is 0 Å². The van der Waals surface area contributed by atoms with E-state index >= 15 is 0 Å². The number of nitrogens with one attached hydrogen (secondary N) is 1. The van der Waals surface area contributed by atoms with E-state index in [1.165, 1.54) is 0 Å². The molecular formula is C19H31NO5Si. The highest BCUT2D eigenvalue weighted by molar-refractivity contribution is 6.70. The number of amides is 1. The van der Waals surface area contributed by atoms with Gasteiger partial charge in [0, 0.05) is 6.42 Å². The SMILES string of the molecule is Cc1cc(C)c(CC(NC(=O)OC(C)(C)C)C(=O)O)c(O[Si](C)(C)C)c1. The molecular weight excluding hydrogens is 350 g/mol. The number of carboxylic acid groups (broad SMARTS) is 1. The van der Waals surface area contributed by atoms with Gasteiger partial charge in [-0.3, -0.25) is 0 Å². The van der Waals surface area contributed by atoms with E-state index < -0.39 is 32.0 Å². The van der Waals surface area contributed by atoms with Crippen LogP contribution in [0.2, 0.25) is 19.6 Å². The van der Waals surface area contributed by atoms with Crippen LogP contribution in [0.3, 0.4) is 0 Å². The zero-order valence-electron chi connectivity index (χ0n) is 17.0. The monoisotopic (exact) mass is 381 g/mol. The number of aryl methyl sites for hydroxylation is 2. The summed E-state index contributed by atoms with van der Waals surface area (Å²) in [6.45, 7) is 15.3. The summed E-state index contributed by atoms with van der Waals surface area (Å²) in [7, 11) is -1.88. The van der Waals surface area contributed by atoms with Gasteiger partial charge in [-0.2, -0.15) is 0 Å². The highest BCUT2D eigenvalue weighted by atomic mass is 28.4. The van der Waals surface area contributed by atoms with Gasteiger partial charge in [0.15, 0.2) is 0 Å². The molecule has 1 rings (SSSR count). The van der Waals surface area contributed by atoms with Gasteiger partial charge in [-0.1, -0.05) is 6.07 Å². The van der Waals surface area contributed by atoms with Gasteiger partial charge in [-0.15, -0.1) is 0 Å². The fraction of sp³-hybridized carbons (Fsp3) is 0.579. The van der Waals surface area contributed by atoms with Crippen LogP contribution in [0.1, 0.15) is 37.5 Å². The molecule has 26 heavy (non-hydrogen) atoms. The number of rotatable bonds is 6. The molecule has 0 aliphatic carbocycles. The van der Waals surface area contributed by atoms with Crippen molar-refractivity contribution in [2.75, 3.05) is 0 Å². The van der Waals surface area contributed by atoms with Crippen LogP contribution in [0.15, 0.2) is 12.1 Å². The molecule has 7 heteroatoms. The van der Waals surface area contributed by atoms with Gasteiger partial charge in [-0.05, 0) is 77.0 Å². The first-order chi connectivity index (χ1) is 11.7. The Bertz CT molecular complexity index is 674. The average molecular weight is 382 g/mol. The Kier molecular flexibility index (Phi) is 6.87. The third-order valence-electron chi connectivity index (χ3n) is 3.39. The Morgan fingerprint density at radius 3 is 2.23 bits per heavy atom. The van der Waals surface area contributed by atoms with Crippen molar-refractivity contribution in [2.45, 2.75) is 72.3 Å². The maximum Gasteiger partial charge on any atom is 0.408 e. The smallest absolute Gasteiger partial charge is 0.408 e. The standard InChI is InChI=1S/C19H31NO5Si/c1-12-9-13(2)14(16(10-12)25-26(6,7)8)11-15(17(21)22)20-18(23)24-19(3,4)5/h9-10,15H,11H2,1-8H3,(H,20,23)(H,21,22). The zero-order valence-corrected chi connectivity index (χ0v) is 18.0. The molecule has 0 bridgehead atoms. The number of carboxylic acids is 1. The van der Waals surface area contributed by atoms with Gasteiger partial charge in [0.05, 0.1) is 0 Å². The van der Waals surface area contributed by atoms with Crippen LogP contribution >= 0.6 is 0 Å². The topological polar surface area (TPSA) is 84.9 Å². The molecule has 2 N–H and O–H groups in total. The van der Waals surface area contributed by atoms with Crippen molar-refractivity contribution in [1.82, 2.24) is 5.32 Å². The minimum Gasteiger partial charge on any atom is -0.544 e. The number of hydrogen-bond donors (Lipinski definition) is 2. The van der Waals surface area contributed by atoms with Crippen LogP contribution in [-0.2, 0) is 16.0 Å². The van der Waals surface area contributed by atoms with Gasteiger partial charge in [0.25, 0.3) is 0 Å². The van der Waals surface area contributed by atoms with Crippen molar-refractivity contribution in [3.05, 3.63) is 28.8 Å². The van der Waals surface area contributed by atoms with E-state index in [1.54, 1.807) is 20.8 Å². The molecule has 0 heterocycles. The van der Waals surface area contributed by atoms with E-state index in [2.05, 4.69) is 25.0 Å². The Hall–Kier alpha value is -2.02. The van der Waals surface area contributed by atoms with Gasteiger partial charge in [0.1, 0.15) is 17.4 Å². The highest BCUT2D eigenvalue weighted by Crippen LogP contribution is 2.28. The molecule has 0 saturated heterocycles. The summed E-state index contributed by atoms with van der Waals surface area (Å²) in [5.41, 5.74) is 2.09. The summed E-state index contributed by atoms with van der Waals surface area (Å²) in [6, 6.07) is 2.81. The first kappa shape index (κ1) is 22.0. The number of benzene rings is 1. The molecule has 0 aliphatic heterocycles. The molecule has 6 nitrogen and oxygen atoms in total. The molecule has 0 radical (unpaired) electrons. The van der Waals surface area contributed by atoms with Crippen LogP contribution < -0.4 is 9.74 Å². The summed E-state index contributed by atoms with van der Waals surface area (Å²) < 4.78 is 11.3. The number of carbonyl (C=O) groups is 2. The fourth-order valence-electron chi connectivity index (χ4n) is 2.50. The minimum atomic E-state index is -1.88. The molecule has 146 valence electrons. The van der Waals surface area contributed by atoms with E-state index in [0.717, 1.165) is 16.7 Å². The molecule has 1 aromatic carbocycles. The van der Waals surface area contributed by atoms with E-state index in [1.807, 2.05) is 26.0 Å². The lowest BCUT2D eigenvalue weighted by atomic mass is 9.98. The first-order valence-corrected chi connectivity index (χ1v) is 12.1. The second-order valence-electron chi connectivity index (χ2n) is 8.51. The lowest BCUT2D eigenvalue weighted by Gasteiger charge is -2.26. The van der Waals surface area contributed by atoms with E-state index in [9.17, 15) is 14.7 Å². The molecule has 0 fully saturated rings. The van der Waals surface area contributed by atoms with Crippen LogP contribution in [0.5, 0.6) is 5.75 Å². The average Bonchev–Trinajstić information content (AvgIpc) is 2.36. The predicted octanol–water partition coefficient (Wildman–Crippen LogP) is 4.04. The summed E-state index contributed by atoms with van der Waals surface area (Å²) in [5.74, 6) is -0.423. The van der Waals surface area contributed by atoms with Crippen molar-refractivity contribution < 1.29 is 23.9 Å². The molecule has 1 atom stereocenters. The first-order valence-electron chi connectivity index (χ1n) is 8.69. The van der Waals surface area contributed by atoms with Crippen LogP contribution in [0, 0.1) is 13.8 Å². The molecule has 1 aromatic rings.